The minimum atomic E-state index is 0.404. The van der Waals surface area contributed by atoms with Crippen molar-refractivity contribution in [2.24, 2.45) is 11.8 Å². The van der Waals surface area contributed by atoms with Crippen LogP contribution in [-0.4, -0.2) is 106 Å². The number of ether oxygens (including phenoxy) is 10. The first kappa shape index (κ1) is 36.4. The lowest BCUT2D eigenvalue weighted by Gasteiger charge is -2.23. The summed E-state index contributed by atoms with van der Waals surface area (Å²) in [6.07, 6.45) is 1.75. The van der Waals surface area contributed by atoms with Gasteiger partial charge in [0.1, 0.15) is 26.4 Å². The molecule has 48 heavy (non-hydrogen) atoms. The zero-order chi connectivity index (χ0) is 33.6. The monoisotopic (exact) mass is 670 g/mol. The maximum atomic E-state index is 6.35. The molecule has 2 aliphatic rings. The highest BCUT2D eigenvalue weighted by Gasteiger charge is 2.22. The molecule has 0 saturated heterocycles. The summed E-state index contributed by atoms with van der Waals surface area (Å²) >= 11 is 0. The highest BCUT2D eigenvalue weighted by molar-refractivity contribution is 6.08. The Kier molecular flexibility index (Phi) is 14.7. The minimum absolute atomic E-state index is 0.404. The third-order valence-electron chi connectivity index (χ3n) is 8.12. The Balaban J connectivity index is 1.64. The second-order valence-corrected chi connectivity index (χ2v) is 12.9. The maximum absolute atomic E-state index is 6.35. The molecule has 0 atom stereocenters. The van der Waals surface area contributed by atoms with Crippen molar-refractivity contribution in [1.29, 1.82) is 0 Å². The van der Waals surface area contributed by atoms with Gasteiger partial charge in [0, 0.05) is 0 Å². The molecule has 0 unspecified atom stereocenters. The van der Waals surface area contributed by atoms with Crippen molar-refractivity contribution in [1.82, 2.24) is 0 Å². The topological polar surface area (TPSA) is 92.3 Å². The number of benzene rings is 3. The molecule has 266 valence electrons. The molecule has 0 bridgehead atoms. The molecule has 0 amide bonds. The summed E-state index contributed by atoms with van der Waals surface area (Å²) in [5, 5.41) is 4.64. The summed E-state index contributed by atoms with van der Waals surface area (Å²) < 4.78 is 59.6. The van der Waals surface area contributed by atoms with Crippen LogP contribution in [0.3, 0.4) is 0 Å². The van der Waals surface area contributed by atoms with Gasteiger partial charge in [0.05, 0.1) is 79.3 Å². The lowest BCUT2D eigenvalue weighted by molar-refractivity contribution is 0.00708. The Labute approximate surface area is 285 Å². The quantitative estimate of drug-likeness (QED) is 0.307. The Hall–Kier alpha value is -2.86. The van der Waals surface area contributed by atoms with E-state index < -0.39 is 0 Å². The van der Waals surface area contributed by atoms with Gasteiger partial charge in [-0.15, -0.1) is 0 Å². The van der Waals surface area contributed by atoms with Crippen molar-refractivity contribution in [3.8, 4) is 23.0 Å². The molecule has 2 aliphatic heterocycles. The molecule has 2 heterocycles. The van der Waals surface area contributed by atoms with Crippen LogP contribution in [0.15, 0.2) is 24.3 Å². The van der Waals surface area contributed by atoms with Crippen molar-refractivity contribution in [2.45, 2.75) is 40.5 Å². The van der Waals surface area contributed by atoms with E-state index in [1.807, 2.05) is 0 Å². The Morgan fingerprint density at radius 2 is 0.562 bits per heavy atom. The molecule has 0 N–H and O–H groups in total. The third-order valence-corrected chi connectivity index (χ3v) is 8.12. The zero-order valence-corrected chi connectivity index (χ0v) is 29.3. The van der Waals surface area contributed by atoms with Gasteiger partial charge in [-0.2, -0.15) is 0 Å². The molecule has 5 rings (SSSR count). The highest BCUT2D eigenvalue weighted by Crippen LogP contribution is 2.44. The number of hydrogen-bond donors (Lipinski definition) is 0. The molecule has 10 heteroatoms. The first-order valence-corrected chi connectivity index (χ1v) is 17.6. The SMILES string of the molecule is CC(C)Cc1c2cc3c(cc2c(CC(C)C)c2cc4c(cc12)OCCOCCOCCOCCO4)OCCOCCOCCOCCO3. The Morgan fingerprint density at radius 3 is 0.771 bits per heavy atom. The number of hydrogen-bond acceptors (Lipinski definition) is 10. The van der Waals surface area contributed by atoms with Crippen LogP contribution in [0, 0.1) is 11.8 Å². The van der Waals surface area contributed by atoms with Gasteiger partial charge in [-0.25, -0.2) is 0 Å². The molecule has 3 aromatic carbocycles. The molecule has 0 aromatic heterocycles. The fourth-order valence-corrected chi connectivity index (χ4v) is 6.04. The minimum Gasteiger partial charge on any atom is -0.487 e. The summed E-state index contributed by atoms with van der Waals surface area (Å²) in [6.45, 7) is 16.6. The molecule has 0 spiro atoms. The lowest BCUT2D eigenvalue weighted by atomic mass is 9.85. The fourth-order valence-electron chi connectivity index (χ4n) is 6.04. The van der Waals surface area contributed by atoms with E-state index in [2.05, 4.69) is 52.0 Å². The summed E-state index contributed by atoms with van der Waals surface area (Å²) in [7, 11) is 0. The van der Waals surface area contributed by atoms with Gasteiger partial charge < -0.3 is 47.4 Å². The summed E-state index contributed by atoms with van der Waals surface area (Å²) in [5.74, 6) is 3.63. The standard InChI is InChI=1S/C38H54O10/c1-27(2)21-29-31-23-35-37(47-19-15-43-11-7-39-5-9-41-13-17-45-35)25-33(31)30(22-28(3)4)34-26-38-36(24-32(29)34)46-18-14-42-10-6-40-8-12-44-16-20-48-38/h23-28H,5-22H2,1-4H3. The second-order valence-electron chi connectivity index (χ2n) is 12.9. The Morgan fingerprint density at radius 1 is 0.354 bits per heavy atom. The molecular weight excluding hydrogens is 616 g/mol. The van der Waals surface area contributed by atoms with Gasteiger partial charge >= 0.3 is 0 Å². The van der Waals surface area contributed by atoms with Crippen LogP contribution >= 0.6 is 0 Å². The van der Waals surface area contributed by atoms with Crippen molar-refractivity contribution in [2.75, 3.05) is 106 Å². The number of fused-ring (bicyclic) bond motifs is 4. The van der Waals surface area contributed by atoms with E-state index in [4.69, 9.17) is 47.4 Å². The van der Waals surface area contributed by atoms with Crippen LogP contribution in [-0.2, 0) is 41.3 Å². The van der Waals surface area contributed by atoms with Crippen molar-refractivity contribution in [3.63, 3.8) is 0 Å². The van der Waals surface area contributed by atoms with E-state index in [9.17, 15) is 0 Å². The molecule has 0 saturated carbocycles. The molecular formula is C38H54O10. The van der Waals surface area contributed by atoms with E-state index in [1.54, 1.807) is 0 Å². The van der Waals surface area contributed by atoms with Crippen LogP contribution in [0.5, 0.6) is 23.0 Å². The van der Waals surface area contributed by atoms with Gasteiger partial charge in [0.25, 0.3) is 0 Å². The van der Waals surface area contributed by atoms with E-state index in [0.29, 0.717) is 141 Å². The normalized spacial score (nSPS) is 18.6. The van der Waals surface area contributed by atoms with E-state index >= 15 is 0 Å². The van der Waals surface area contributed by atoms with Gasteiger partial charge in [0.15, 0.2) is 23.0 Å². The van der Waals surface area contributed by atoms with Crippen molar-refractivity contribution < 1.29 is 47.4 Å². The van der Waals surface area contributed by atoms with Crippen molar-refractivity contribution >= 4 is 21.5 Å². The number of rotatable bonds is 4. The van der Waals surface area contributed by atoms with Gasteiger partial charge in [0.2, 0.25) is 0 Å². The van der Waals surface area contributed by atoms with Gasteiger partial charge in [-0.1, -0.05) is 27.7 Å². The Bertz CT molecular complexity index is 1220. The molecule has 0 fully saturated rings. The van der Waals surface area contributed by atoms with Gasteiger partial charge in [-0.05, 0) is 81.6 Å². The predicted octanol–water partition coefficient (Wildman–Crippen LogP) is 6.03. The first-order chi connectivity index (χ1) is 23.5. The molecule has 0 radical (unpaired) electrons. The molecule has 0 aliphatic carbocycles. The van der Waals surface area contributed by atoms with Crippen molar-refractivity contribution in [3.05, 3.63) is 35.4 Å². The smallest absolute Gasteiger partial charge is 0.161 e. The average molecular weight is 671 g/mol. The zero-order valence-electron chi connectivity index (χ0n) is 29.3. The average Bonchev–Trinajstić information content (AvgIpc) is 3.07. The summed E-state index contributed by atoms with van der Waals surface area (Å²) in [4.78, 5) is 0. The molecule has 10 nitrogen and oxygen atoms in total. The van der Waals surface area contributed by atoms with Crippen LogP contribution < -0.4 is 18.9 Å². The van der Waals surface area contributed by atoms with Gasteiger partial charge in [-0.3, -0.25) is 0 Å². The summed E-state index contributed by atoms with van der Waals surface area (Å²) in [5.41, 5.74) is 2.50. The van der Waals surface area contributed by atoms with Crippen LogP contribution in [0.2, 0.25) is 0 Å². The van der Waals surface area contributed by atoms with E-state index in [1.165, 1.54) is 11.1 Å². The maximum Gasteiger partial charge on any atom is 0.161 e. The van der Waals surface area contributed by atoms with Crippen LogP contribution in [0.1, 0.15) is 38.8 Å². The molecule has 3 aromatic rings. The van der Waals surface area contributed by atoms with Crippen LogP contribution in [0.25, 0.3) is 21.5 Å². The second kappa shape index (κ2) is 19.4. The van der Waals surface area contributed by atoms with Crippen LogP contribution in [0.4, 0.5) is 0 Å². The van der Waals surface area contributed by atoms with E-state index in [-0.39, 0.29) is 0 Å². The lowest BCUT2D eigenvalue weighted by Crippen LogP contribution is -2.13. The first-order valence-electron chi connectivity index (χ1n) is 17.6. The van der Waals surface area contributed by atoms with E-state index in [0.717, 1.165) is 34.4 Å². The highest BCUT2D eigenvalue weighted by atomic mass is 16.6. The third kappa shape index (κ3) is 10.6. The largest absolute Gasteiger partial charge is 0.487 e. The summed E-state index contributed by atoms with van der Waals surface area (Å²) in [6, 6.07) is 8.64. The predicted molar refractivity (Wildman–Crippen MR) is 185 cm³/mol. The fraction of sp³-hybridized carbons (Fsp3) is 0.632.